The van der Waals surface area contributed by atoms with E-state index in [2.05, 4.69) is 51.4 Å². The molecule has 0 aliphatic carbocycles. The maximum Gasteiger partial charge on any atom is 0.341 e. The van der Waals surface area contributed by atoms with Gasteiger partial charge in [-0.05, 0) is 45.4 Å². The standard InChI is InChI=1S/C19H25N5O2/c1-5-24(6-2)16-10-8-15(9-11-16)12-21-23-19-20-13-17(14(4)22-19)18(25)26-7-3/h8-13H,5-7H2,1-4H3,(H,20,22,23)/b21-12+. The van der Waals surface area contributed by atoms with Gasteiger partial charge >= 0.3 is 5.97 Å². The Balaban J connectivity index is 2.00. The number of aryl methyl sites for hydroxylation is 1. The van der Waals surface area contributed by atoms with E-state index in [0.29, 0.717) is 23.8 Å². The Morgan fingerprint density at radius 1 is 1.23 bits per heavy atom. The highest BCUT2D eigenvalue weighted by Gasteiger charge is 2.12. The second kappa shape index (κ2) is 9.50. The van der Waals surface area contributed by atoms with Crippen LogP contribution in [0.15, 0.2) is 35.6 Å². The van der Waals surface area contributed by atoms with Gasteiger partial charge in [-0.25, -0.2) is 20.2 Å². The van der Waals surface area contributed by atoms with Crippen LogP contribution < -0.4 is 10.3 Å². The predicted octanol–water partition coefficient (Wildman–Crippen LogP) is 3.25. The number of rotatable bonds is 8. The van der Waals surface area contributed by atoms with Crippen LogP contribution >= 0.6 is 0 Å². The van der Waals surface area contributed by atoms with E-state index in [1.54, 1.807) is 20.1 Å². The maximum absolute atomic E-state index is 11.7. The van der Waals surface area contributed by atoms with E-state index in [4.69, 9.17) is 4.74 Å². The smallest absolute Gasteiger partial charge is 0.341 e. The van der Waals surface area contributed by atoms with Gasteiger partial charge in [0.15, 0.2) is 0 Å². The molecule has 2 rings (SSSR count). The minimum absolute atomic E-state index is 0.315. The average Bonchev–Trinajstić information content (AvgIpc) is 2.64. The normalized spacial score (nSPS) is 10.8. The Kier molecular flexibility index (Phi) is 7.08. The van der Waals surface area contributed by atoms with Crippen LogP contribution in [0.2, 0.25) is 0 Å². The number of anilines is 2. The van der Waals surface area contributed by atoms with Gasteiger partial charge in [0, 0.05) is 25.0 Å². The largest absolute Gasteiger partial charge is 0.462 e. The molecule has 0 radical (unpaired) electrons. The number of carbonyl (C=O) groups is 1. The molecule has 138 valence electrons. The predicted molar refractivity (Wildman–Crippen MR) is 104 cm³/mol. The van der Waals surface area contributed by atoms with Crippen LogP contribution in [-0.4, -0.2) is 41.8 Å². The molecule has 0 aliphatic heterocycles. The van der Waals surface area contributed by atoms with E-state index in [-0.39, 0.29) is 0 Å². The number of nitrogens with zero attached hydrogens (tertiary/aromatic N) is 4. The zero-order chi connectivity index (χ0) is 18.9. The molecule has 2 aromatic rings. The number of esters is 1. The van der Waals surface area contributed by atoms with Crippen molar-refractivity contribution in [2.45, 2.75) is 27.7 Å². The summed E-state index contributed by atoms with van der Waals surface area (Å²) in [6.07, 6.45) is 3.14. The van der Waals surface area contributed by atoms with Gasteiger partial charge in [-0.3, -0.25) is 0 Å². The fourth-order valence-corrected chi connectivity index (χ4v) is 2.45. The lowest BCUT2D eigenvalue weighted by Gasteiger charge is -2.20. The van der Waals surface area contributed by atoms with Crippen LogP contribution in [0.25, 0.3) is 0 Å². The minimum atomic E-state index is -0.423. The first-order valence-corrected chi connectivity index (χ1v) is 8.73. The number of aromatic nitrogens is 2. The van der Waals surface area contributed by atoms with Crippen molar-refractivity contribution in [2.75, 3.05) is 30.0 Å². The van der Waals surface area contributed by atoms with Crippen molar-refractivity contribution in [1.29, 1.82) is 0 Å². The number of hydrogen-bond donors (Lipinski definition) is 1. The van der Waals surface area contributed by atoms with Crippen molar-refractivity contribution in [3.63, 3.8) is 0 Å². The molecule has 0 saturated carbocycles. The van der Waals surface area contributed by atoms with Crippen molar-refractivity contribution in [1.82, 2.24) is 9.97 Å². The maximum atomic E-state index is 11.7. The molecule has 1 N–H and O–H groups in total. The number of ether oxygens (including phenoxy) is 1. The molecule has 0 unspecified atom stereocenters. The molecule has 0 atom stereocenters. The van der Waals surface area contributed by atoms with Gasteiger partial charge < -0.3 is 9.64 Å². The Morgan fingerprint density at radius 2 is 1.92 bits per heavy atom. The zero-order valence-electron chi connectivity index (χ0n) is 15.7. The molecular formula is C19H25N5O2. The molecule has 7 heteroatoms. The van der Waals surface area contributed by atoms with E-state index in [1.165, 1.54) is 11.9 Å². The number of nitrogens with one attached hydrogen (secondary N) is 1. The quantitative estimate of drug-likeness (QED) is 0.445. The molecule has 7 nitrogen and oxygen atoms in total. The molecule has 0 spiro atoms. The van der Waals surface area contributed by atoms with Gasteiger partial charge in [0.1, 0.15) is 0 Å². The van der Waals surface area contributed by atoms with Crippen molar-refractivity contribution in [3.05, 3.63) is 47.3 Å². The van der Waals surface area contributed by atoms with Crippen molar-refractivity contribution >= 4 is 23.8 Å². The number of carbonyl (C=O) groups excluding carboxylic acids is 1. The molecule has 0 fully saturated rings. The van der Waals surface area contributed by atoms with Crippen molar-refractivity contribution in [2.24, 2.45) is 5.10 Å². The van der Waals surface area contributed by atoms with Crippen LogP contribution in [0.3, 0.4) is 0 Å². The van der Waals surface area contributed by atoms with Crippen LogP contribution in [-0.2, 0) is 4.74 Å². The third kappa shape index (κ3) is 5.02. The zero-order valence-corrected chi connectivity index (χ0v) is 15.7. The monoisotopic (exact) mass is 355 g/mol. The number of hydrogen-bond acceptors (Lipinski definition) is 7. The highest BCUT2D eigenvalue weighted by Crippen LogP contribution is 2.14. The van der Waals surface area contributed by atoms with E-state index in [0.717, 1.165) is 18.7 Å². The van der Waals surface area contributed by atoms with Crippen molar-refractivity contribution < 1.29 is 9.53 Å². The second-order valence-corrected chi connectivity index (χ2v) is 5.55. The highest BCUT2D eigenvalue weighted by atomic mass is 16.5. The van der Waals surface area contributed by atoms with E-state index in [9.17, 15) is 4.79 Å². The fraction of sp³-hybridized carbons (Fsp3) is 0.368. The van der Waals surface area contributed by atoms with Crippen molar-refractivity contribution in [3.8, 4) is 0 Å². The molecular weight excluding hydrogens is 330 g/mol. The van der Waals surface area contributed by atoms with Gasteiger partial charge in [0.2, 0.25) is 5.95 Å². The van der Waals surface area contributed by atoms with Gasteiger partial charge in [0.05, 0.1) is 24.1 Å². The summed E-state index contributed by atoms with van der Waals surface area (Å²) in [4.78, 5) is 22.3. The summed E-state index contributed by atoms with van der Waals surface area (Å²) in [6.45, 7) is 10.0. The Morgan fingerprint density at radius 3 is 2.50 bits per heavy atom. The van der Waals surface area contributed by atoms with Crippen LogP contribution in [0, 0.1) is 6.92 Å². The summed E-state index contributed by atoms with van der Waals surface area (Å²) in [5.74, 6) is -0.0973. The first kappa shape index (κ1) is 19.4. The van der Waals surface area contributed by atoms with E-state index in [1.807, 2.05) is 12.1 Å². The summed E-state index contributed by atoms with van der Waals surface area (Å²) in [6, 6.07) is 8.16. The molecule has 0 saturated heterocycles. The van der Waals surface area contributed by atoms with Gasteiger partial charge in [-0.1, -0.05) is 12.1 Å². The second-order valence-electron chi connectivity index (χ2n) is 5.55. The molecule has 0 bridgehead atoms. The average molecular weight is 355 g/mol. The first-order chi connectivity index (χ1) is 12.6. The first-order valence-electron chi connectivity index (χ1n) is 8.73. The summed E-state index contributed by atoms with van der Waals surface area (Å²) in [5, 5.41) is 4.15. The lowest BCUT2D eigenvalue weighted by molar-refractivity contribution is 0.0524. The van der Waals surface area contributed by atoms with Gasteiger partial charge in [0.25, 0.3) is 0 Å². The minimum Gasteiger partial charge on any atom is -0.462 e. The molecule has 1 heterocycles. The molecule has 26 heavy (non-hydrogen) atoms. The van der Waals surface area contributed by atoms with Gasteiger partial charge in [-0.2, -0.15) is 5.10 Å². The van der Waals surface area contributed by atoms with Gasteiger partial charge in [-0.15, -0.1) is 0 Å². The Bertz CT molecular complexity index is 755. The summed E-state index contributed by atoms with van der Waals surface area (Å²) < 4.78 is 4.96. The molecule has 0 aliphatic rings. The highest BCUT2D eigenvalue weighted by molar-refractivity contribution is 5.90. The summed E-state index contributed by atoms with van der Waals surface area (Å²) in [5.41, 5.74) is 5.83. The molecule has 1 aromatic heterocycles. The topological polar surface area (TPSA) is 79.7 Å². The SMILES string of the molecule is CCOC(=O)c1cnc(N/N=C/c2ccc(N(CC)CC)cc2)nc1C. The Labute approximate surface area is 154 Å². The third-order valence-electron chi connectivity index (χ3n) is 3.87. The van der Waals surface area contributed by atoms with Crippen LogP contribution in [0.1, 0.15) is 42.4 Å². The number of benzene rings is 1. The van der Waals surface area contributed by atoms with Crippen LogP contribution in [0.5, 0.6) is 0 Å². The Hall–Kier alpha value is -2.96. The lowest BCUT2D eigenvalue weighted by Crippen LogP contribution is -2.21. The summed E-state index contributed by atoms with van der Waals surface area (Å²) >= 11 is 0. The van der Waals surface area contributed by atoms with Crippen LogP contribution in [0.4, 0.5) is 11.6 Å². The molecule has 1 aromatic carbocycles. The molecule has 0 amide bonds. The third-order valence-corrected chi connectivity index (χ3v) is 3.87. The number of hydrazone groups is 1. The summed E-state index contributed by atoms with van der Waals surface area (Å²) in [7, 11) is 0. The fourth-order valence-electron chi connectivity index (χ4n) is 2.45. The van der Waals surface area contributed by atoms with E-state index >= 15 is 0 Å². The lowest BCUT2D eigenvalue weighted by atomic mass is 10.2. The van der Waals surface area contributed by atoms with E-state index < -0.39 is 5.97 Å².